The van der Waals surface area contributed by atoms with Crippen molar-refractivity contribution in [2.45, 2.75) is 19.4 Å². The first kappa shape index (κ1) is 15.3. The third-order valence-electron chi connectivity index (χ3n) is 3.56. The van der Waals surface area contributed by atoms with Gasteiger partial charge >= 0.3 is 0 Å². The summed E-state index contributed by atoms with van der Waals surface area (Å²) in [5.74, 6) is 1.36. The van der Waals surface area contributed by atoms with Gasteiger partial charge in [-0.2, -0.15) is 0 Å². The molecule has 2 rings (SSSR count). The molecule has 2 atom stereocenters. The van der Waals surface area contributed by atoms with E-state index < -0.39 is 6.10 Å². The lowest BCUT2D eigenvalue weighted by Gasteiger charge is -2.22. The van der Waals surface area contributed by atoms with Gasteiger partial charge < -0.3 is 15.0 Å². The first-order valence-corrected chi connectivity index (χ1v) is 7.75. The minimum absolute atomic E-state index is 0.0755. The second-order valence-electron chi connectivity index (χ2n) is 5.21. The normalized spacial score (nSPS) is 19.9. The number of hydrogen-bond acceptors (Lipinski definition) is 3. The first-order chi connectivity index (χ1) is 9.60. The highest BCUT2D eigenvalue weighted by Crippen LogP contribution is 2.20. The van der Waals surface area contributed by atoms with Crippen LogP contribution < -0.4 is 10.1 Å². The van der Waals surface area contributed by atoms with Crippen molar-refractivity contribution in [1.82, 2.24) is 10.2 Å². The number of ether oxygens (including phenoxy) is 1. The van der Waals surface area contributed by atoms with E-state index in [-0.39, 0.29) is 5.91 Å². The van der Waals surface area contributed by atoms with E-state index in [2.05, 4.69) is 21.2 Å². The Morgan fingerprint density at radius 3 is 2.85 bits per heavy atom. The zero-order valence-corrected chi connectivity index (χ0v) is 13.5. The third kappa shape index (κ3) is 3.96. The van der Waals surface area contributed by atoms with Crippen molar-refractivity contribution in [3.8, 4) is 5.75 Å². The molecule has 0 saturated carbocycles. The molecule has 0 spiro atoms. The van der Waals surface area contributed by atoms with E-state index in [1.807, 2.05) is 43.1 Å². The van der Waals surface area contributed by atoms with Gasteiger partial charge in [0.2, 0.25) is 0 Å². The minimum Gasteiger partial charge on any atom is -0.481 e. The largest absolute Gasteiger partial charge is 0.481 e. The molecule has 0 aromatic heterocycles. The summed E-state index contributed by atoms with van der Waals surface area (Å²) in [5, 5.41) is 3.17. The maximum atomic E-state index is 12.3. The van der Waals surface area contributed by atoms with Gasteiger partial charge in [0.05, 0.1) is 0 Å². The number of likely N-dealkylation sites (tertiary alicyclic amines) is 1. The van der Waals surface area contributed by atoms with Crippen molar-refractivity contribution in [3.05, 3.63) is 28.7 Å². The maximum absolute atomic E-state index is 12.3. The summed E-state index contributed by atoms with van der Waals surface area (Å²) in [4.78, 5) is 14.2. The van der Waals surface area contributed by atoms with Crippen molar-refractivity contribution >= 4 is 21.8 Å². The molecule has 20 heavy (non-hydrogen) atoms. The quantitative estimate of drug-likeness (QED) is 0.894. The SMILES string of the molecule is CNC[C@H]1CCN(C(=O)[C@@H](C)Oc2ccc(Br)cc2)C1. The Morgan fingerprint density at radius 2 is 2.20 bits per heavy atom. The molecular weight excluding hydrogens is 320 g/mol. The van der Waals surface area contributed by atoms with Gasteiger partial charge in [0, 0.05) is 17.6 Å². The van der Waals surface area contributed by atoms with Crippen LogP contribution in [0.2, 0.25) is 0 Å². The molecule has 1 aliphatic rings. The molecule has 1 amide bonds. The molecule has 4 nitrogen and oxygen atoms in total. The summed E-state index contributed by atoms with van der Waals surface area (Å²) >= 11 is 3.38. The summed E-state index contributed by atoms with van der Waals surface area (Å²) < 4.78 is 6.71. The number of carbonyl (C=O) groups excluding carboxylic acids is 1. The first-order valence-electron chi connectivity index (χ1n) is 6.95. The highest BCUT2D eigenvalue weighted by molar-refractivity contribution is 9.10. The predicted molar refractivity (Wildman–Crippen MR) is 82.8 cm³/mol. The van der Waals surface area contributed by atoms with E-state index in [9.17, 15) is 4.79 Å². The van der Waals surface area contributed by atoms with Crippen molar-refractivity contribution in [1.29, 1.82) is 0 Å². The fraction of sp³-hybridized carbons (Fsp3) is 0.533. The topological polar surface area (TPSA) is 41.6 Å². The Balaban J connectivity index is 1.87. The lowest BCUT2D eigenvalue weighted by Crippen LogP contribution is -2.39. The molecule has 1 N–H and O–H groups in total. The molecular formula is C15H21BrN2O2. The number of amides is 1. The molecule has 1 aromatic carbocycles. The Hall–Kier alpha value is -1.07. The van der Waals surface area contributed by atoms with Crippen molar-refractivity contribution < 1.29 is 9.53 Å². The van der Waals surface area contributed by atoms with E-state index in [0.717, 1.165) is 36.3 Å². The molecule has 5 heteroatoms. The smallest absolute Gasteiger partial charge is 0.263 e. The van der Waals surface area contributed by atoms with Gasteiger partial charge in [-0.25, -0.2) is 0 Å². The molecule has 0 unspecified atom stereocenters. The van der Waals surface area contributed by atoms with E-state index in [1.165, 1.54) is 0 Å². The number of carbonyl (C=O) groups is 1. The Morgan fingerprint density at radius 1 is 1.50 bits per heavy atom. The molecule has 1 aliphatic heterocycles. The number of nitrogens with zero attached hydrogens (tertiary/aromatic N) is 1. The summed E-state index contributed by atoms with van der Waals surface area (Å²) in [5.41, 5.74) is 0. The fourth-order valence-electron chi connectivity index (χ4n) is 2.51. The van der Waals surface area contributed by atoms with Crippen molar-refractivity contribution in [2.75, 3.05) is 26.7 Å². The van der Waals surface area contributed by atoms with Crippen molar-refractivity contribution in [3.63, 3.8) is 0 Å². The zero-order valence-electron chi connectivity index (χ0n) is 11.9. The highest BCUT2D eigenvalue weighted by Gasteiger charge is 2.29. The molecule has 1 saturated heterocycles. The van der Waals surface area contributed by atoms with Crippen molar-refractivity contribution in [2.24, 2.45) is 5.92 Å². The zero-order chi connectivity index (χ0) is 14.5. The van der Waals surface area contributed by atoms with Crippen LogP contribution in [-0.2, 0) is 4.79 Å². The fourth-order valence-corrected chi connectivity index (χ4v) is 2.78. The molecule has 1 fully saturated rings. The maximum Gasteiger partial charge on any atom is 0.263 e. The summed E-state index contributed by atoms with van der Waals surface area (Å²) in [6.45, 7) is 4.44. The highest BCUT2D eigenvalue weighted by atomic mass is 79.9. The van der Waals surface area contributed by atoms with Gasteiger partial charge in [-0.15, -0.1) is 0 Å². The number of nitrogens with one attached hydrogen (secondary N) is 1. The van der Waals surface area contributed by atoms with Crippen LogP contribution in [0.25, 0.3) is 0 Å². The van der Waals surface area contributed by atoms with Gasteiger partial charge in [-0.3, -0.25) is 4.79 Å². The molecule has 0 bridgehead atoms. The van der Waals surface area contributed by atoms with Gasteiger partial charge in [0.25, 0.3) is 5.91 Å². The minimum atomic E-state index is -0.440. The second kappa shape index (κ2) is 7.09. The van der Waals surface area contributed by atoms with Crippen LogP contribution in [0.3, 0.4) is 0 Å². The number of benzene rings is 1. The van der Waals surface area contributed by atoms with Gasteiger partial charge in [-0.1, -0.05) is 15.9 Å². The average Bonchev–Trinajstić information content (AvgIpc) is 2.89. The number of hydrogen-bond donors (Lipinski definition) is 1. The van der Waals surface area contributed by atoms with E-state index >= 15 is 0 Å². The lowest BCUT2D eigenvalue weighted by molar-refractivity contribution is -0.137. The summed E-state index contributed by atoms with van der Waals surface area (Å²) in [7, 11) is 1.95. The van der Waals surface area contributed by atoms with Crippen LogP contribution in [0.1, 0.15) is 13.3 Å². The van der Waals surface area contributed by atoms with Crippen LogP contribution in [0.4, 0.5) is 0 Å². The standard InChI is InChI=1S/C15H21BrN2O2/c1-11(20-14-5-3-13(16)4-6-14)15(19)18-8-7-12(10-18)9-17-2/h3-6,11-12,17H,7-10H2,1-2H3/t11-,12-/m1/s1. The molecule has 1 heterocycles. The summed E-state index contributed by atoms with van der Waals surface area (Å²) in [6.07, 6.45) is 0.627. The molecule has 1 aromatic rings. The van der Waals surface area contributed by atoms with E-state index in [0.29, 0.717) is 5.92 Å². The second-order valence-corrected chi connectivity index (χ2v) is 6.13. The van der Waals surface area contributed by atoms with Crippen LogP contribution in [0, 0.1) is 5.92 Å². The third-order valence-corrected chi connectivity index (χ3v) is 4.09. The molecule has 0 aliphatic carbocycles. The number of halogens is 1. The van der Waals surface area contributed by atoms with Crippen LogP contribution >= 0.6 is 15.9 Å². The Bertz CT molecular complexity index is 450. The Labute approximate surface area is 128 Å². The Kier molecular flexibility index (Phi) is 5.43. The van der Waals surface area contributed by atoms with Crippen LogP contribution in [0.5, 0.6) is 5.75 Å². The number of rotatable bonds is 5. The lowest BCUT2D eigenvalue weighted by atomic mass is 10.1. The van der Waals surface area contributed by atoms with E-state index in [4.69, 9.17) is 4.74 Å². The predicted octanol–water partition coefficient (Wildman–Crippen LogP) is 2.28. The van der Waals surface area contributed by atoms with Gasteiger partial charge in [-0.05, 0) is 57.1 Å². The van der Waals surface area contributed by atoms with Crippen LogP contribution in [-0.4, -0.2) is 43.6 Å². The van der Waals surface area contributed by atoms with E-state index in [1.54, 1.807) is 0 Å². The van der Waals surface area contributed by atoms with Gasteiger partial charge in [0.1, 0.15) is 5.75 Å². The van der Waals surface area contributed by atoms with Gasteiger partial charge in [0.15, 0.2) is 6.10 Å². The molecule has 110 valence electrons. The summed E-state index contributed by atoms with van der Waals surface area (Å²) in [6, 6.07) is 7.54. The van der Waals surface area contributed by atoms with Crippen LogP contribution in [0.15, 0.2) is 28.7 Å². The average molecular weight is 341 g/mol. The monoisotopic (exact) mass is 340 g/mol. The molecule has 0 radical (unpaired) electrons.